The topological polar surface area (TPSA) is 52.5 Å². The standard InChI is InChI=1S/C17H29NO2/c19-15-7-10-5-6-14-17(13(10)8-16(15)20)12-4-2-1-3-11(12)9-18-14/h10-20H,1-9H2/t10?,11?,12?,13?,14-,15?,16?,17-/m1/s1. The minimum absolute atomic E-state index is 0.466. The van der Waals surface area contributed by atoms with E-state index in [9.17, 15) is 10.2 Å². The summed E-state index contributed by atoms with van der Waals surface area (Å²) in [6.45, 7) is 1.23. The molecular weight excluding hydrogens is 250 g/mol. The van der Waals surface area contributed by atoms with Crippen LogP contribution in [0.2, 0.25) is 0 Å². The molecule has 3 heteroatoms. The summed E-state index contributed by atoms with van der Waals surface area (Å²) in [5.74, 6) is 3.87. The number of aliphatic hydroxyl groups excluding tert-OH is 2. The molecule has 0 radical (unpaired) electrons. The molecule has 4 aliphatic rings. The summed E-state index contributed by atoms with van der Waals surface area (Å²) in [5.41, 5.74) is 0. The Hall–Kier alpha value is -0.120. The van der Waals surface area contributed by atoms with Gasteiger partial charge in [0.25, 0.3) is 0 Å². The van der Waals surface area contributed by atoms with Gasteiger partial charge in [-0.05, 0) is 74.7 Å². The summed E-state index contributed by atoms with van der Waals surface area (Å²) in [5, 5.41) is 23.9. The van der Waals surface area contributed by atoms with Crippen molar-refractivity contribution < 1.29 is 10.2 Å². The highest BCUT2D eigenvalue weighted by Gasteiger charge is 2.50. The molecule has 3 aliphatic carbocycles. The van der Waals surface area contributed by atoms with Crippen LogP contribution in [0.5, 0.6) is 0 Å². The van der Waals surface area contributed by atoms with Gasteiger partial charge in [0.15, 0.2) is 0 Å². The first-order valence-electron chi connectivity index (χ1n) is 8.83. The maximum Gasteiger partial charge on any atom is 0.0802 e. The minimum Gasteiger partial charge on any atom is -0.390 e. The van der Waals surface area contributed by atoms with Crippen LogP contribution in [0.3, 0.4) is 0 Å². The molecule has 6 unspecified atom stereocenters. The van der Waals surface area contributed by atoms with Gasteiger partial charge in [0.2, 0.25) is 0 Å². The summed E-state index contributed by atoms with van der Waals surface area (Å²) in [4.78, 5) is 0. The molecule has 0 bridgehead atoms. The first kappa shape index (κ1) is 13.5. The molecule has 1 heterocycles. The van der Waals surface area contributed by atoms with E-state index in [1.54, 1.807) is 0 Å². The molecule has 4 rings (SSSR count). The normalized spacial score (nSPS) is 55.5. The number of piperidine rings is 1. The fraction of sp³-hybridized carbons (Fsp3) is 1.00. The monoisotopic (exact) mass is 279 g/mol. The van der Waals surface area contributed by atoms with E-state index in [2.05, 4.69) is 5.32 Å². The Kier molecular flexibility index (Phi) is 3.56. The van der Waals surface area contributed by atoms with Crippen molar-refractivity contribution >= 4 is 0 Å². The SMILES string of the molecule is OC1CC2CC[C@H]3NCC4CCCCC4[C@@H]3C2CC1O. The molecule has 0 aromatic rings. The largest absolute Gasteiger partial charge is 0.390 e. The number of aliphatic hydroxyl groups is 2. The van der Waals surface area contributed by atoms with Crippen molar-refractivity contribution in [2.45, 2.75) is 69.6 Å². The minimum atomic E-state index is -0.473. The molecule has 0 aromatic heterocycles. The average Bonchev–Trinajstić information content (AvgIpc) is 2.48. The lowest BCUT2D eigenvalue weighted by Gasteiger charge is -2.56. The zero-order chi connectivity index (χ0) is 13.7. The van der Waals surface area contributed by atoms with E-state index in [1.807, 2.05) is 0 Å². The summed E-state index contributed by atoms with van der Waals surface area (Å²) < 4.78 is 0. The highest BCUT2D eigenvalue weighted by atomic mass is 16.3. The van der Waals surface area contributed by atoms with E-state index < -0.39 is 12.2 Å². The smallest absolute Gasteiger partial charge is 0.0802 e. The first-order chi connectivity index (χ1) is 9.74. The van der Waals surface area contributed by atoms with Crippen LogP contribution in [0.15, 0.2) is 0 Å². The number of hydrogen-bond donors (Lipinski definition) is 3. The van der Waals surface area contributed by atoms with E-state index in [0.717, 1.165) is 30.6 Å². The molecule has 3 N–H and O–H groups in total. The predicted octanol–water partition coefficient (Wildman–Crippen LogP) is 1.92. The average molecular weight is 279 g/mol. The second kappa shape index (κ2) is 5.26. The lowest BCUT2D eigenvalue weighted by atomic mass is 9.54. The van der Waals surface area contributed by atoms with Crippen molar-refractivity contribution in [2.75, 3.05) is 6.54 Å². The highest BCUT2D eigenvalue weighted by Crippen LogP contribution is 2.52. The van der Waals surface area contributed by atoms with Crippen LogP contribution in [-0.2, 0) is 0 Å². The van der Waals surface area contributed by atoms with Gasteiger partial charge in [0.1, 0.15) is 0 Å². The van der Waals surface area contributed by atoms with E-state index in [4.69, 9.17) is 0 Å². The Morgan fingerprint density at radius 2 is 1.55 bits per heavy atom. The third-order valence-electron chi connectivity index (χ3n) is 7.02. The number of nitrogens with one attached hydrogen (secondary N) is 1. The van der Waals surface area contributed by atoms with Gasteiger partial charge < -0.3 is 15.5 Å². The third kappa shape index (κ3) is 2.13. The van der Waals surface area contributed by atoms with E-state index in [-0.39, 0.29) is 0 Å². The highest BCUT2D eigenvalue weighted by molar-refractivity contribution is 5.03. The molecule has 20 heavy (non-hydrogen) atoms. The van der Waals surface area contributed by atoms with Crippen LogP contribution < -0.4 is 5.32 Å². The van der Waals surface area contributed by atoms with Crippen LogP contribution in [0.25, 0.3) is 0 Å². The van der Waals surface area contributed by atoms with Gasteiger partial charge in [-0.15, -0.1) is 0 Å². The van der Waals surface area contributed by atoms with E-state index >= 15 is 0 Å². The number of fused-ring (bicyclic) bond motifs is 5. The maximum atomic E-state index is 10.1. The van der Waals surface area contributed by atoms with Gasteiger partial charge in [-0.1, -0.05) is 12.8 Å². The van der Waals surface area contributed by atoms with Gasteiger partial charge in [-0.3, -0.25) is 0 Å². The molecule has 3 saturated carbocycles. The Labute approximate surface area is 122 Å². The van der Waals surface area contributed by atoms with Crippen molar-refractivity contribution in [3.63, 3.8) is 0 Å². The Balaban J connectivity index is 1.58. The molecule has 4 fully saturated rings. The van der Waals surface area contributed by atoms with Crippen molar-refractivity contribution in [2.24, 2.45) is 29.6 Å². The van der Waals surface area contributed by atoms with Gasteiger partial charge >= 0.3 is 0 Å². The molecule has 114 valence electrons. The zero-order valence-electron chi connectivity index (χ0n) is 12.4. The summed E-state index contributed by atoms with van der Waals surface area (Å²) in [7, 11) is 0. The third-order valence-corrected chi connectivity index (χ3v) is 7.02. The van der Waals surface area contributed by atoms with E-state index in [1.165, 1.54) is 45.1 Å². The first-order valence-corrected chi connectivity index (χ1v) is 8.83. The van der Waals surface area contributed by atoms with Crippen LogP contribution in [0.1, 0.15) is 51.4 Å². The second-order valence-electron chi connectivity index (χ2n) is 7.91. The Bertz CT molecular complexity index is 361. The summed E-state index contributed by atoms with van der Waals surface area (Å²) in [6.07, 6.45) is 8.93. The zero-order valence-corrected chi connectivity index (χ0v) is 12.4. The molecule has 0 amide bonds. The van der Waals surface area contributed by atoms with Crippen molar-refractivity contribution in [3.8, 4) is 0 Å². The van der Waals surface area contributed by atoms with Crippen LogP contribution in [-0.4, -0.2) is 35.0 Å². The quantitative estimate of drug-likeness (QED) is 0.635. The molecule has 3 nitrogen and oxygen atoms in total. The Morgan fingerprint density at radius 3 is 2.45 bits per heavy atom. The van der Waals surface area contributed by atoms with E-state index in [0.29, 0.717) is 17.9 Å². The molecule has 0 spiro atoms. The molecule has 0 aromatic carbocycles. The maximum absolute atomic E-state index is 10.1. The lowest BCUT2D eigenvalue weighted by molar-refractivity contribution is -0.101. The van der Waals surface area contributed by atoms with Crippen molar-refractivity contribution in [1.82, 2.24) is 5.32 Å². The fourth-order valence-electron chi connectivity index (χ4n) is 6.11. The lowest BCUT2D eigenvalue weighted by Crippen LogP contribution is -2.59. The Morgan fingerprint density at radius 1 is 0.750 bits per heavy atom. The summed E-state index contributed by atoms with van der Waals surface area (Å²) in [6, 6.07) is 0.693. The number of hydrogen-bond acceptors (Lipinski definition) is 3. The van der Waals surface area contributed by atoms with Gasteiger partial charge in [0.05, 0.1) is 12.2 Å². The molecule has 1 aliphatic heterocycles. The second-order valence-corrected chi connectivity index (χ2v) is 7.91. The van der Waals surface area contributed by atoms with Crippen LogP contribution in [0, 0.1) is 29.6 Å². The van der Waals surface area contributed by atoms with Crippen LogP contribution in [0.4, 0.5) is 0 Å². The van der Waals surface area contributed by atoms with Gasteiger partial charge in [-0.25, -0.2) is 0 Å². The number of rotatable bonds is 0. The molecule has 8 atom stereocenters. The van der Waals surface area contributed by atoms with Gasteiger partial charge in [-0.2, -0.15) is 0 Å². The predicted molar refractivity (Wildman–Crippen MR) is 78.2 cm³/mol. The summed E-state index contributed by atoms with van der Waals surface area (Å²) >= 11 is 0. The van der Waals surface area contributed by atoms with Crippen LogP contribution >= 0.6 is 0 Å². The molecular formula is C17H29NO2. The van der Waals surface area contributed by atoms with Crippen molar-refractivity contribution in [3.05, 3.63) is 0 Å². The molecule has 1 saturated heterocycles. The van der Waals surface area contributed by atoms with Crippen molar-refractivity contribution in [1.29, 1.82) is 0 Å². The fourth-order valence-corrected chi connectivity index (χ4v) is 6.11. The van der Waals surface area contributed by atoms with Gasteiger partial charge in [0, 0.05) is 6.04 Å².